The molecule has 0 spiro atoms. The Balaban J connectivity index is 0.00000288. The molecule has 2 rings (SSSR count). The van der Waals surface area contributed by atoms with E-state index >= 15 is 0 Å². The fourth-order valence-electron chi connectivity index (χ4n) is 2.22. The second kappa shape index (κ2) is 8.56. The molecule has 120 valence electrons. The number of nitrogen functional groups attached to an aromatic ring is 1. The minimum atomic E-state index is -1.28. The third kappa shape index (κ3) is 4.45. The Bertz CT molecular complexity index is 825. The van der Waals surface area contributed by atoms with Gasteiger partial charge in [-0.3, -0.25) is 4.79 Å². The molecule has 2 aromatic carbocycles. The Morgan fingerprint density at radius 1 is 1.12 bits per heavy atom. The smallest absolute Gasteiger partial charge is 0.550 e. The molecule has 0 saturated heterocycles. The van der Waals surface area contributed by atoms with Gasteiger partial charge in [0.2, 0.25) is 0 Å². The van der Waals surface area contributed by atoms with Gasteiger partial charge in [0.25, 0.3) is 0 Å². The molecule has 0 aliphatic carbocycles. The van der Waals surface area contributed by atoms with Crippen LogP contribution in [0.25, 0.3) is 0 Å². The third-order valence-corrected chi connectivity index (χ3v) is 4.41. The van der Waals surface area contributed by atoms with Crippen molar-refractivity contribution in [3.05, 3.63) is 61.6 Å². The molecule has 0 atom stereocenters. The standard InChI is InChI=1S/C16H12Cl3NO3.Na/c1-7-2-3-9(15(20)10(7)6-13(21)22)16(23)11-4-8(17)5-12(18)14(11)19;/h2-5H,6,20H2,1H3,(H,21,22);/q;+1/p-1. The van der Waals surface area contributed by atoms with Crippen LogP contribution >= 0.6 is 34.8 Å². The summed E-state index contributed by atoms with van der Waals surface area (Å²) in [5.74, 6) is -1.77. The Kier molecular flexibility index (Phi) is 7.60. The first-order valence-corrected chi connectivity index (χ1v) is 7.62. The Hall–Kier alpha value is -0.750. The van der Waals surface area contributed by atoms with Crippen LogP contribution < -0.4 is 40.4 Å². The molecule has 0 fully saturated rings. The number of carboxylic acid groups (broad SMARTS) is 1. The monoisotopic (exact) mass is 393 g/mol. The minimum Gasteiger partial charge on any atom is -0.550 e. The van der Waals surface area contributed by atoms with Crippen molar-refractivity contribution in [2.75, 3.05) is 5.73 Å². The van der Waals surface area contributed by atoms with Crippen molar-refractivity contribution in [1.82, 2.24) is 0 Å². The SMILES string of the molecule is Cc1ccc(C(=O)c2cc(Cl)cc(Cl)c2Cl)c(N)c1CC(=O)[O-].[Na+]. The number of halogens is 3. The summed E-state index contributed by atoms with van der Waals surface area (Å²) in [4.78, 5) is 23.6. The molecule has 4 nitrogen and oxygen atoms in total. The summed E-state index contributed by atoms with van der Waals surface area (Å²) in [7, 11) is 0. The molecular formula is C16H11Cl3NNaO3. The summed E-state index contributed by atoms with van der Waals surface area (Å²) in [5, 5.41) is 11.3. The van der Waals surface area contributed by atoms with Crippen molar-refractivity contribution in [2.45, 2.75) is 13.3 Å². The Morgan fingerprint density at radius 2 is 1.75 bits per heavy atom. The predicted molar refractivity (Wildman–Crippen MR) is 89.2 cm³/mol. The molecule has 24 heavy (non-hydrogen) atoms. The van der Waals surface area contributed by atoms with E-state index in [1.54, 1.807) is 13.0 Å². The van der Waals surface area contributed by atoms with Crippen LogP contribution in [0.2, 0.25) is 15.1 Å². The Labute approximate surface area is 176 Å². The average molecular weight is 395 g/mol. The van der Waals surface area contributed by atoms with Crippen LogP contribution in [0.15, 0.2) is 24.3 Å². The van der Waals surface area contributed by atoms with E-state index in [0.717, 1.165) is 0 Å². The van der Waals surface area contributed by atoms with Gasteiger partial charge in [-0.05, 0) is 36.2 Å². The number of ketones is 1. The van der Waals surface area contributed by atoms with Gasteiger partial charge in [0.15, 0.2) is 5.78 Å². The number of hydrogen-bond acceptors (Lipinski definition) is 4. The molecule has 2 N–H and O–H groups in total. The van der Waals surface area contributed by atoms with E-state index in [1.165, 1.54) is 18.2 Å². The topological polar surface area (TPSA) is 83.2 Å². The fraction of sp³-hybridized carbons (Fsp3) is 0.125. The molecule has 0 aromatic heterocycles. The maximum absolute atomic E-state index is 12.7. The number of carbonyl (C=O) groups is 2. The number of benzene rings is 2. The molecule has 0 amide bonds. The number of nitrogens with two attached hydrogens (primary N) is 1. The normalized spacial score (nSPS) is 10.2. The number of aryl methyl sites for hydroxylation is 1. The number of carbonyl (C=O) groups excluding carboxylic acids is 2. The van der Waals surface area contributed by atoms with Crippen LogP contribution in [-0.2, 0) is 11.2 Å². The van der Waals surface area contributed by atoms with E-state index in [0.29, 0.717) is 11.1 Å². The molecule has 0 aliphatic heterocycles. The molecule has 0 unspecified atom stereocenters. The number of carboxylic acids is 1. The van der Waals surface area contributed by atoms with Crippen molar-refractivity contribution in [3.8, 4) is 0 Å². The summed E-state index contributed by atoms with van der Waals surface area (Å²) >= 11 is 17.9. The zero-order valence-corrected chi connectivity index (χ0v) is 17.2. The summed E-state index contributed by atoms with van der Waals surface area (Å²) in [6, 6.07) is 5.93. The average Bonchev–Trinajstić information content (AvgIpc) is 2.46. The summed E-state index contributed by atoms with van der Waals surface area (Å²) in [6.07, 6.45) is -0.386. The van der Waals surface area contributed by atoms with E-state index in [1.807, 2.05) is 0 Å². The van der Waals surface area contributed by atoms with Crippen LogP contribution in [0.3, 0.4) is 0 Å². The maximum atomic E-state index is 12.7. The quantitative estimate of drug-likeness (QED) is 0.344. The maximum Gasteiger partial charge on any atom is 1.00 e. The number of aliphatic carboxylic acids is 1. The zero-order chi connectivity index (χ0) is 17.3. The summed E-state index contributed by atoms with van der Waals surface area (Å²) in [5.41, 5.74) is 7.26. The van der Waals surface area contributed by atoms with Gasteiger partial charge in [0.05, 0.1) is 10.0 Å². The van der Waals surface area contributed by atoms with Gasteiger partial charge < -0.3 is 15.6 Å². The first-order chi connectivity index (χ1) is 10.7. The summed E-state index contributed by atoms with van der Waals surface area (Å²) < 4.78 is 0. The van der Waals surface area contributed by atoms with Crippen LogP contribution in [-0.4, -0.2) is 11.8 Å². The molecule has 2 aromatic rings. The van der Waals surface area contributed by atoms with E-state index in [2.05, 4.69) is 0 Å². The minimum absolute atomic E-state index is 0. The Morgan fingerprint density at radius 3 is 2.33 bits per heavy atom. The largest absolute Gasteiger partial charge is 1.00 e. The van der Waals surface area contributed by atoms with E-state index < -0.39 is 11.8 Å². The number of hydrogen-bond donors (Lipinski definition) is 1. The third-order valence-electron chi connectivity index (χ3n) is 3.39. The van der Waals surface area contributed by atoms with Crippen LogP contribution in [0.5, 0.6) is 0 Å². The molecule has 0 heterocycles. The van der Waals surface area contributed by atoms with Crippen molar-refractivity contribution >= 4 is 52.2 Å². The van der Waals surface area contributed by atoms with Crippen LogP contribution in [0, 0.1) is 6.92 Å². The van der Waals surface area contributed by atoms with Crippen LogP contribution in [0.4, 0.5) is 5.69 Å². The first-order valence-electron chi connectivity index (χ1n) is 6.49. The number of rotatable bonds is 4. The van der Waals surface area contributed by atoms with Gasteiger partial charge in [-0.25, -0.2) is 0 Å². The molecule has 0 bridgehead atoms. The van der Waals surface area contributed by atoms with Crippen molar-refractivity contribution in [1.29, 1.82) is 0 Å². The van der Waals surface area contributed by atoms with Crippen molar-refractivity contribution in [3.63, 3.8) is 0 Å². The van der Waals surface area contributed by atoms with Crippen molar-refractivity contribution < 1.29 is 44.3 Å². The second-order valence-electron chi connectivity index (χ2n) is 4.95. The fourth-order valence-corrected chi connectivity index (χ4v) is 2.91. The van der Waals surface area contributed by atoms with Gasteiger partial charge in [-0.1, -0.05) is 40.9 Å². The molecular weight excluding hydrogens is 384 g/mol. The second-order valence-corrected chi connectivity index (χ2v) is 6.17. The van der Waals surface area contributed by atoms with Crippen LogP contribution in [0.1, 0.15) is 27.0 Å². The van der Waals surface area contributed by atoms with Gasteiger partial charge in [-0.2, -0.15) is 0 Å². The van der Waals surface area contributed by atoms with E-state index in [-0.39, 0.29) is 67.9 Å². The van der Waals surface area contributed by atoms with E-state index in [9.17, 15) is 14.7 Å². The van der Waals surface area contributed by atoms with Gasteiger partial charge in [0.1, 0.15) is 0 Å². The van der Waals surface area contributed by atoms with Gasteiger partial charge in [0, 0.05) is 34.2 Å². The van der Waals surface area contributed by atoms with Crippen molar-refractivity contribution in [2.24, 2.45) is 0 Å². The molecule has 8 heteroatoms. The van der Waals surface area contributed by atoms with E-state index in [4.69, 9.17) is 40.5 Å². The zero-order valence-electron chi connectivity index (χ0n) is 13.0. The molecule has 0 aliphatic rings. The molecule has 0 saturated carbocycles. The molecule has 0 radical (unpaired) electrons. The van der Waals surface area contributed by atoms with Gasteiger partial charge >= 0.3 is 29.6 Å². The number of anilines is 1. The summed E-state index contributed by atoms with van der Waals surface area (Å²) in [6.45, 7) is 1.70. The van der Waals surface area contributed by atoms with Gasteiger partial charge in [-0.15, -0.1) is 0 Å². The first kappa shape index (κ1) is 21.3. The predicted octanol–water partition coefficient (Wildman–Crippen LogP) is 0.0648.